The van der Waals surface area contributed by atoms with E-state index in [-0.39, 0.29) is 17.4 Å². The number of aryl methyl sites for hydroxylation is 1. The molecule has 0 saturated carbocycles. The molecule has 2 aromatic rings. The van der Waals surface area contributed by atoms with Gasteiger partial charge in [-0.3, -0.25) is 19.3 Å². The highest BCUT2D eigenvalue weighted by Crippen LogP contribution is 2.07. The Balaban J connectivity index is 1.45. The van der Waals surface area contributed by atoms with Gasteiger partial charge in [-0.25, -0.2) is 0 Å². The molecule has 7 nitrogen and oxygen atoms in total. The fourth-order valence-electron chi connectivity index (χ4n) is 3.03. The summed E-state index contributed by atoms with van der Waals surface area (Å²) in [4.78, 5) is 40.1. The standard InChI is InChI=1S/C20H24N4O3/c1-22-8-7-17(13-19(22)26)20(27)24-11-9-23(10-12-24)15-18(25)21-14-16-5-3-2-4-6-16/h2-8,13H,9-12,14-15H2,1H3,(H,21,25). The van der Waals surface area contributed by atoms with Crippen molar-refractivity contribution in [2.75, 3.05) is 32.7 Å². The number of carbonyl (C=O) groups excluding carboxylic acids is 2. The number of piperazine rings is 1. The summed E-state index contributed by atoms with van der Waals surface area (Å²) in [5, 5.41) is 2.92. The van der Waals surface area contributed by atoms with Gasteiger partial charge in [0.05, 0.1) is 6.54 Å². The molecule has 2 heterocycles. The molecule has 1 aliphatic rings. The van der Waals surface area contributed by atoms with Crippen molar-refractivity contribution in [2.45, 2.75) is 6.54 Å². The van der Waals surface area contributed by atoms with Crippen LogP contribution >= 0.6 is 0 Å². The molecular weight excluding hydrogens is 344 g/mol. The van der Waals surface area contributed by atoms with Gasteiger partial charge in [0.1, 0.15) is 0 Å². The molecule has 1 aromatic heterocycles. The highest BCUT2D eigenvalue weighted by Gasteiger charge is 2.23. The van der Waals surface area contributed by atoms with Gasteiger partial charge in [-0.05, 0) is 11.6 Å². The van der Waals surface area contributed by atoms with Gasteiger partial charge in [0.15, 0.2) is 0 Å². The Bertz CT molecular complexity index is 855. The van der Waals surface area contributed by atoms with Crippen LogP contribution in [0.5, 0.6) is 0 Å². The molecule has 1 N–H and O–H groups in total. The fourth-order valence-corrected chi connectivity index (χ4v) is 3.03. The van der Waals surface area contributed by atoms with E-state index in [1.54, 1.807) is 24.2 Å². The zero-order chi connectivity index (χ0) is 19.2. The topological polar surface area (TPSA) is 74.7 Å². The maximum absolute atomic E-state index is 12.5. The van der Waals surface area contributed by atoms with Gasteiger partial charge in [0.2, 0.25) is 5.91 Å². The predicted octanol–water partition coefficient (Wildman–Crippen LogP) is 0.460. The number of pyridine rings is 1. The lowest BCUT2D eigenvalue weighted by atomic mass is 10.2. The molecule has 0 atom stereocenters. The zero-order valence-electron chi connectivity index (χ0n) is 15.4. The van der Waals surface area contributed by atoms with Crippen LogP contribution in [0.1, 0.15) is 15.9 Å². The van der Waals surface area contributed by atoms with Crippen molar-refractivity contribution in [3.05, 3.63) is 70.1 Å². The molecule has 2 amide bonds. The second kappa shape index (κ2) is 8.64. The molecule has 142 valence electrons. The van der Waals surface area contributed by atoms with E-state index < -0.39 is 0 Å². The van der Waals surface area contributed by atoms with E-state index >= 15 is 0 Å². The first-order valence-electron chi connectivity index (χ1n) is 9.02. The Morgan fingerprint density at radius 1 is 1.04 bits per heavy atom. The Labute approximate surface area is 158 Å². The lowest BCUT2D eigenvalue weighted by molar-refractivity contribution is -0.122. The quantitative estimate of drug-likeness (QED) is 0.832. The summed E-state index contributed by atoms with van der Waals surface area (Å²) in [5.41, 5.74) is 1.27. The van der Waals surface area contributed by atoms with Crippen LogP contribution in [-0.4, -0.2) is 58.9 Å². The van der Waals surface area contributed by atoms with Crippen molar-refractivity contribution >= 4 is 11.8 Å². The van der Waals surface area contributed by atoms with Crippen molar-refractivity contribution in [1.29, 1.82) is 0 Å². The predicted molar refractivity (Wildman–Crippen MR) is 102 cm³/mol. The van der Waals surface area contributed by atoms with Gasteiger partial charge in [-0.1, -0.05) is 30.3 Å². The number of hydrogen-bond donors (Lipinski definition) is 1. The number of benzene rings is 1. The van der Waals surface area contributed by atoms with E-state index in [0.717, 1.165) is 5.56 Å². The lowest BCUT2D eigenvalue weighted by Gasteiger charge is -2.34. The van der Waals surface area contributed by atoms with Gasteiger partial charge in [0.25, 0.3) is 11.5 Å². The maximum atomic E-state index is 12.5. The van der Waals surface area contributed by atoms with Crippen LogP contribution < -0.4 is 10.9 Å². The second-order valence-electron chi connectivity index (χ2n) is 6.70. The molecule has 1 aliphatic heterocycles. The first-order valence-corrected chi connectivity index (χ1v) is 9.02. The fraction of sp³-hybridized carbons (Fsp3) is 0.350. The highest BCUT2D eigenvalue weighted by molar-refractivity contribution is 5.94. The first-order chi connectivity index (χ1) is 13.0. The van der Waals surface area contributed by atoms with Crippen LogP contribution in [0.4, 0.5) is 0 Å². The van der Waals surface area contributed by atoms with Crippen LogP contribution in [0, 0.1) is 0 Å². The van der Waals surface area contributed by atoms with Crippen LogP contribution in [-0.2, 0) is 18.4 Å². The van der Waals surface area contributed by atoms with Gasteiger partial charge in [-0.2, -0.15) is 0 Å². The number of carbonyl (C=O) groups is 2. The monoisotopic (exact) mass is 368 g/mol. The Morgan fingerprint density at radius 2 is 1.74 bits per heavy atom. The first kappa shape index (κ1) is 18.8. The van der Waals surface area contributed by atoms with Crippen molar-refractivity contribution in [3.63, 3.8) is 0 Å². The largest absolute Gasteiger partial charge is 0.351 e. The van der Waals surface area contributed by atoms with Crippen molar-refractivity contribution in [3.8, 4) is 0 Å². The molecule has 1 saturated heterocycles. The number of amides is 2. The van der Waals surface area contributed by atoms with E-state index in [9.17, 15) is 14.4 Å². The molecule has 0 bridgehead atoms. The van der Waals surface area contributed by atoms with E-state index in [0.29, 0.717) is 44.8 Å². The minimum absolute atomic E-state index is 0.0230. The van der Waals surface area contributed by atoms with Crippen LogP contribution in [0.3, 0.4) is 0 Å². The maximum Gasteiger partial charge on any atom is 0.254 e. The molecule has 1 fully saturated rings. The second-order valence-corrected chi connectivity index (χ2v) is 6.70. The number of rotatable bonds is 5. The summed E-state index contributed by atoms with van der Waals surface area (Å²) >= 11 is 0. The normalized spacial score (nSPS) is 14.8. The molecular formula is C20H24N4O3. The van der Waals surface area contributed by atoms with Gasteiger partial charge >= 0.3 is 0 Å². The zero-order valence-corrected chi connectivity index (χ0v) is 15.4. The molecule has 0 aliphatic carbocycles. The molecule has 0 radical (unpaired) electrons. The van der Waals surface area contributed by atoms with Crippen molar-refractivity contribution < 1.29 is 9.59 Å². The summed E-state index contributed by atoms with van der Waals surface area (Å²) in [5.74, 6) is -0.161. The van der Waals surface area contributed by atoms with Crippen molar-refractivity contribution in [1.82, 2.24) is 19.7 Å². The highest BCUT2D eigenvalue weighted by atomic mass is 16.2. The third-order valence-corrected chi connectivity index (χ3v) is 4.71. The summed E-state index contributed by atoms with van der Waals surface area (Å²) in [6, 6.07) is 12.8. The third kappa shape index (κ3) is 5.04. The van der Waals surface area contributed by atoms with Gasteiger partial charge < -0.3 is 14.8 Å². The summed E-state index contributed by atoms with van der Waals surface area (Å²) < 4.78 is 1.43. The summed E-state index contributed by atoms with van der Waals surface area (Å²) in [6.07, 6.45) is 1.60. The average Bonchev–Trinajstić information content (AvgIpc) is 2.69. The lowest BCUT2D eigenvalue weighted by Crippen LogP contribution is -2.51. The minimum Gasteiger partial charge on any atom is -0.351 e. The Kier molecular flexibility index (Phi) is 6.03. The number of nitrogens with one attached hydrogen (secondary N) is 1. The number of hydrogen-bond acceptors (Lipinski definition) is 4. The Morgan fingerprint density at radius 3 is 2.41 bits per heavy atom. The van der Waals surface area contributed by atoms with Crippen LogP contribution in [0.25, 0.3) is 0 Å². The van der Waals surface area contributed by atoms with E-state index in [2.05, 4.69) is 5.32 Å². The molecule has 3 rings (SSSR count). The third-order valence-electron chi connectivity index (χ3n) is 4.71. The molecule has 0 unspecified atom stereocenters. The van der Waals surface area contributed by atoms with Gasteiger partial charge in [0, 0.05) is 57.6 Å². The smallest absolute Gasteiger partial charge is 0.254 e. The number of aromatic nitrogens is 1. The molecule has 0 spiro atoms. The van der Waals surface area contributed by atoms with Gasteiger partial charge in [-0.15, -0.1) is 0 Å². The average molecular weight is 368 g/mol. The van der Waals surface area contributed by atoms with Crippen LogP contribution in [0.2, 0.25) is 0 Å². The summed E-state index contributed by atoms with van der Waals surface area (Å²) in [7, 11) is 1.65. The van der Waals surface area contributed by atoms with E-state index in [1.807, 2.05) is 35.2 Å². The number of nitrogens with zero attached hydrogens (tertiary/aromatic N) is 3. The molecule has 7 heteroatoms. The van der Waals surface area contributed by atoms with Crippen molar-refractivity contribution in [2.24, 2.45) is 7.05 Å². The molecule has 27 heavy (non-hydrogen) atoms. The minimum atomic E-state index is -0.199. The van der Waals surface area contributed by atoms with Crippen LogP contribution in [0.15, 0.2) is 53.5 Å². The van der Waals surface area contributed by atoms with E-state index in [4.69, 9.17) is 0 Å². The SMILES string of the molecule is Cn1ccc(C(=O)N2CCN(CC(=O)NCc3ccccc3)CC2)cc1=O. The molecule has 1 aromatic carbocycles. The van der Waals surface area contributed by atoms with E-state index in [1.165, 1.54) is 10.6 Å². The summed E-state index contributed by atoms with van der Waals surface area (Å²) in [6.45, 7) is 3.19. The Hall–Kier alpha value is -2.93.